The Balaban J connectivity index is 1.95. The molecule has 1 aromatic carbocycles. The van der Waals surface area contributed by atoms with E-state index >= 15 is 0 Å². The van der Waals surface area contributed by atoms with Crippen molar-refractivity contribution in [3.63, 3.8) is 0 Å². The molecular formula is C15H12BrNO2S. The van der Waals surface area contributed by atoms with Crippen molar-refractivity contribution in [3.8, 4) is 11.8 Å². The van der Waals surface area contributed by atoms with E-state index in [1.165, 1.54) is 0 Å². The van der Waals surface area contributed by atoms with Gasteiger partial charge in [-0.05, 0) is 52.3 Å². The standard InChI is InChI=1S/C15H12BrNO2S/c16-14-8-7-13(20-14)10-17-15(19)12-5-3-11(4-6-12)2-1-9-18/h3-8,18H,9-10H2,(H,17,19). The minimum Gasteiger partial charge on any atom is -0.384 e. The minimum absolute atomic E-state index is 0.115. The van der Waals surface area contributed by atoms with Gasteiger partial charge in [-0.15, -0.1) is 11.3 Å². The van der Waals surface area contributed by atoms with Gasteiger partial charge in [0.1, 0.15) is 6.61 Å². The van der Waals surface area contributed by atoms with Crippen LogP contribution in [0.15, 0.2) is 40.2 Å². The summed E-state index contributed by atoms with van der Waals surface area (Å²) in [6.07, 6.45) is 0. The zero-order chi connectivity index (χ0) is 14.4. The highest BCUT2D eigenvalue weighted by molar-refractivity contribution is 9.11. The molecule has 2 aromatic rings. The number of aliphatic hydroxyl groups is 1. The summed E-state index contributed by atoms with van der Waals surface area (Å²) >= 11 is 4.98. The lowest BCUT2D eigenvalue weighted by atomic mass is 10.1. The fourth-order valence-corrected chi connectivity index (χ4v) is 2.99. The number of thiophene rings is 1. The molecule has 1 amide bonds. The molecule has 20 heavy (non-hydrogen) atoms. The number of benzene rings is 1. The highest BCUT2D eigenvalue weighted by Crippen LogP contribution is 2.21. The molecule has 2 rings (SSSR count). The maximum absolute atomic E-state index is 12.0. The number of aliphatic hydroxyl groups excluding tert-OH is 1. The van der Waals surface area contributed by atoms with Crippen molar-refractivity contribution in [2.45, 2.75) is 6.54 Å². The Morgan fingerprint density at radius 1 is 1.25 bits per heavy atom. The van der Waals surface area contributed by atoms with Crippen LogP contribution in [0.1, 0.15) is 20.8 Å². The predicted molar refractivity (Wildman–Crippen MR) is 83.6 cm³/mol. The second kappa shape index (κ2) is 7.25. The lowest BCUT2D eigenvalue weighted by Crippen LogP contribution is -2.22. The first-order valence-corrected chi connectivity index (χ1v) is 7.52. The van der Waals surface area contributed by atoms with Gasteiger partial charge in [-0.2, -0.15) is 0 Å². The number of hydrogen-bond acceptors (Lipinski definition) is 3. The molecule has 0 atom stereocenters. The third-order valence-corrected chi connectivity index (χ3v) is 4.13. The second-order valence-corrected chi connectivity index (χ2v) is 6.47. The Labute approximate surface area is 129 Å². The first-order chi connectivity index (χ1) is 9.69. The number of amides is 1. The van der Waals surface area contributed by atoms with Crippen LogP contribution in [0.25, 0.3) is 0 Å². The molecule has 0 spiro atoms. The van der Waals surface area contributed by atoms with Gasteiger partial charge in [0, 0.05) is 16.0 Å². The van der Waals surface area contributed by atoms with Gasteiger partial charge in [0.15, 0.2) is 0 Å². The Bertz CT molecular complexity index is 653. The van der Waals surface area contributed by atoms with Gasteiger partial charge in [-0.1, -0.05) is 11.8 Å². The fraction of sp³-hybridized carbons (Fsp3) is 0.133. The summed E-state index contributed by atoms with van der Waals surface area (Å²) in [4.78, 5) is 13.0. The lowest BCUT2D eigenvalue weighted by molar-refractivity contribution is 0.0951. The highest BCUT2D eigenvalue weighted by Gasteiger charge is 2.05. The molecule has 102 valence electrons. The Morgan fingerprint density at radius 2 is 2.00 bits per heavy atom. The van der Waals surface area contributed by atoms with Crippen molar-refractivity contribution >= 4 is 33.2 Å². The van der Waals surface area contributed by atoms with Crippen LogP contribution in [0, 0.1) is 11.8 Å². The summed E-state index contributed by atoms with van der Waals surface area (Å²) in [7, 11) is 0. The highest BCUT2D eigenvalue weighted by atomic mass is 79.9. The molecule has 0 aliphatic carbocycles. The lowest BCUT2D eigenvalue weighted by Gasteiger charge is -2.03. The van der Waals surface area contributed by atoms with Crippen LogP contribution in [0.4, 0.5) is 0 Å². The van der Waals surface area contributed by atoms with Gasteiger partial charge in [0.2, 0.25) is 0 Å². The van der Waals surface area contributed by atoms with Gasteiger partial charge in [-0.25, -0.2) is 0 Å². The van der Waals surface area contributed by atoms with Crippen molar-refractivity contribution in [2.24, 2.45) is 0 Å². The molecule has 3 nitrogen and oxygen atoms in total. The van der Waals surface area contributed by atoms with Gasteiger partial charge in [-0.3, -0.25) is 4.79 Å². The quantitative estimate of drug-likeness (QED) is 0.837. The van der Waals surface area contributed by atoms with Crippen molar-refractivity contribution < 1.29 is 9.90 Å². The van der Waals surface area contributed by atoms with Gasteiger partial charge >= 0.3 is 0 Å². The van der Waals surface area contributed by atoms with E-state index in [4.69, 9.17) is 5.11 Å². The molecule has 0 saturated heterocycles. The first kappa shape index (κ1) is 14.8. The Hall–Kier alpha value is -1.61. The van der Waals surface area contributed by atoms with Crippen molar-refractivity contribution in [2.75, 3.05) is 6.61 Å². The number of rotatable bonds is 3. The van der Waals surface area contributed by atoms with Crippen LogP contribution in [-0.4, -0.2) is 17.6 Å². The van der Waals surface area contributed by atoms with E-state index < -0.39 is 0 Å². The molecule has 0 radical (unpaired) electrons. The van der Waals surface area contributed by atoms with Gasteiger partial charge in [0.05, 0.1) is 10.3 Å². The molecule has 0 unspecified atom stereocenters. The average Bonchev–Trinajstić information content (AvgIpc) is 2.89. The molecular weight excluding hydrogens is 338 g/mol. The minimum atomic E-state index is -0.168. The number of carbonyl (C=O) groups excluding carboxylic acids is 1. The molecule has 0 aliphatic rings. The van der Waals surface area contributed by atoms with Gasteiger partial charge in [0.25, 0.3) is 5.91 Å². The molecule has 1 heterocycles. The summed E-state index contributed by atoms with van der Waals surface area (Å²) in [5.41, 5.74) is 1.37. The van der Waals surface area contributed by atoms with Crippen LogP contribution < -0.4 is 5.32 Å². The molecule has 2 N–H and O–H groups in total. The molecule has 1 aromatic heterocycles. The van der Waals surface area contributed by atoms with Crippen molar-refractivity contribution in [1.82, 2.24) is 5.32 Å². The van der Waals surface area contributed by atoms with E-state index in [0.29, 0.717) is 12.1 Å². The SMILES string of the molecule is O=C(NCc1ccc(Br)s1)c1ccc(C#CCO)cc1. The van der Waals surface area contributed by atoms with E-state index in [-0.39, 0.29) is 12.5 Å². The normalized spacial score (nSPS) is 9.70. The van der Waals surface area contributed by atoms with E-state index in [1.54, 1.807) is 35.6 Å². The van der Waals surface area contributed by atoms with E-state index in [9.17, 15) is 4.79 Å². The zero-order valence-electron chi connectivity index (χ0n) is 10.5. The van der Waals surface area contributed by atoms with Gasteiger partial charge < -0.3 is 10.4 Å². The number of halogens is 1. The third-order valence-electron chi connectivity index (χ3n) is 2.51. The zero-order valence-corrected chi connectivity index (χ0v) is 12.9. The molecule has 5 heteroatoms. The summed E-state index contributed by atoms with van der Waals surface area (Å²) in [6, 6.07) is 10.9. The molecule has 0 saturated carbocycles. The molecule has 0 aliphatic heterocycles. The van der Waals surface area contributed by atoms with Crippen LogP contribution in [-0.2, 0) is 6.54 Å². The summed E-state index contributed by atoms with van der Waals surface area (Å²) in [6.45, 7) is 0.347. The van der Waals surface area contributed by atoms with E-state index in [1.807, 2.05) is 12.1 Å². The first-order valence-electron chi connectivity index (χ1n) is 5.91. The maximum atomic E-state index is 12.0. The average molecular weight is 350 g/mol. The van der Waals surface area contributed by atoms with Crippen LogP contribution >= 0.6 is 27.3 Å². The molecule has 0 bridgehead atoms. The maximum Gasteiger partial charge on any atom is 0.251 e. The Kier molecular flexibility index (Phi) is 5.36. The van der Waals surface area contributed by atoms with Crippen LogP contribution in [0.5, 0.6) is 0 Å². The number of hydrogen-bond donors (Lipinski definition) is 2. The Morgan fingerprint density at radius 3 is 2.60 bits per heavy atom. The largest absolute Gasteiger partial charge is 0.384 e. The van der Waals surface area contributed by atoms with E-state index in [2.05, 4.69) is 33.1 Å². The van der Waals surface area contributed by atoms with Crippen molar-refractivity contribution in [3.05, 3.63) is 56.2 Å². The van der Waals surface area contributed by atoms with Crippen LogP contribution in [0.2, 0.25) is 0 Å². The second-order valence-electron chi connectivity index (χ2n) is 3.93. The summed E-state index contributed by atoms with van der Waals surface area (Å²) in [5, 5.41) is 11.5. The fourth-order valence-electron chi connectivity index (χ4n) is 1.56. The number of carbonyl (C=O) groups is 1. The monoisotopic (exact) mass is 349 g/mol. The van der Waals surface area contributed by atoms with E-state index in [0.717, 1.165) is 14.2 Å². The van der Waals surface area contributed by atoms with Crippen molar-refractivity contribution in [1.29, 1.82) is 0 Å². The summed E-state index contributed by atoms with van der Waals surface area (Å²) in [5.74, 6) is 5.24. The topological polar surface area (TPSA) is 49.3 Å². The summed E-state index contributed by atoms with van der Waals surface area (Å²) < 4.78 is 1.05. The predicted octanol–water partition coefficient (Wildman–Crippen LogP) is 2.78. The van der Waals surface area contributed by atoms with Crippen LogP contribution in [0.3, 0.4) is 0 Å². The molecule has 0 fully saturated rings. The third kappa shape index (κ3) is 4.20. The smallest absolute Gasteiger partial charge is 0.251 e. The number of nitrogens with one attached hydrogen (secondary N) is 1.